The van der Waals surface area contributed by atoms with Crippen molar-refractivity contribution in [1.29, 1.82) is 0 Å². The van der Waals surface area contributed by atoms with Gasteiger partial charge in [0.15, 0.2) is 0 Å². The fourth-order valence-electron chi connectivity index (χ4n) is 1.05. The number of hydrogen-bond donors (Lipinski definition) is 1. The van der Waals surface area contributed by atoms with Crippen LogP contribution in [0.1, 0.15) is 5.56 Å². The van der Waals surface area contributed by atoms with Crippen molar-refractivity contribution in [3.05, 3.63) is 35.6 Å². The number of aliphatic hydroxyl groups excluding tert-OH is 1. The van der Waals surface area contributed by atoms with Gasteiger partial charge in [-0.1, -0.05) is 18.2 Å². The molecule has 0 saturated heterocycles. The summed E-state index contributed by atoms with van der Waals surface area (Å²) in [7, 11) is 0. The van der Waals surface area contributed by atoms with Gasteiger partial charge in [0.2, 0.25) is 0 Å². The van der Waals surface area contributed by atoms with Gasteiger partial charge >= 0.3 is 0 Å². The molecule has 2 nitrogen and oxygen atoms in total. The summed E-state index contributed by atoms with van der Waals surface area (Å²) in [5.41, 5.74) is 0.653. The van der Waals surface area contributed by atoms with Crippen LogP contribution in [0.5, 0.6) is 0 Å². The van der Waals surface area contributed by atoms with Gasteiger partial charge in [-0.05, 0) is 18.1 Å². The molecule has 0 aliphatic heterocycles. The number of hydrogen-bond acceptors (Lipinski definition) is 2. The van der Waals surface area contributed by atoms with Crippen molar-refractivity contribution in [3.8, 4) is 0 Å². The molecule has 3 heteroatoms. The lowest BCUT2D eigenvalue weighted by Crippen LogP contribution is -2.04. The summed E-state index contributed by atoms with van der Waals surface area (Å²) in [6.45, 7) is 0.771. The monoisotopic (exact) mass is 184 g/mol. The van der Waals surface area contributed by atoms with Crippen LogP contribution in [0.25, 0.3) is 0 Å². The van der Waals surface area contributed by atoms with E-state index < -0.39 is 0 Å². The maximum Gasteiger partial charge on any atom is 0.126 e. The van der Waals surface area contributed by atoms with E-state index in [1.807, 2.05) is 0 Å². The highest BCUT2D eigenvalue weighted by Crippen LogP contribution is 2.06. The zero-order chi connectivity index (χ0) is 9.52. The molecule has 0 spiro atoms. The fraction of sp³-hybridized carbons (Fsp3) is 0.400. The summed E-state index contributed by atoms with van der Waals surface area (Å²) in [5.74, 6) is -0.199. The van der Waals surface area contributed by atoms with Crippen LogP contribution in [0.4, 0.5) is 4.39 Å². The van der Waals surface area contributed by atoms with Crippen LogP contribution in [0, 0.1) is 5.82 Å². The van der Waals surface area contributed by atoms with Crippen LogP contribution in [-0.2, 0) is 11.2 Å². The van der Waals surface area contributed by atoms with E-state index in [4.69, 9.17) is 9.84 Å². The van der Waals surface area contributed by atoms with Gasteiger partial charge in [0, 0.05) is 0 Å². The third-order valence-corrected chi connectivity index (χ3v) is 1.71. The smallest absolute Gasteiger partial charge is 0.126 e. The van der Waals surface area contributed by atoms with E-state index in [1.54, 1.807) is 18.2 Å². The molecule has 1 N–H and O–H groups in total. The molecular formula is C10H13FO2. The summed E-state index contributed by atoms with van der Waals surface area (Å²) in [6, 6.07) is 6.62. The Bertz CT molecular complexity index is 250. The van der Waals surface area contributed by atoms with Crippen molar-refractivity contribution in [2.45, 2.75) is 6.42 Å². The first-order chi connectivity index (χ1) is 6.34. The molecule has 0 bridgehead atoms. The largest absolute Gasteiger partial charge is 0.394 e. The standard InChI is InChI=1S/C10H13FO2/c11-10-4-2-1-3-9(10)5-7-13-8-6-12/h1-4,12H,5-8H2. The predicted molar refractivity (Wildman–Crippen MR) is 48.0 cm³/mol. The molecule has 1 aromatic carbocycles. The van der Waals surface area contributed by atoms with Crippen LogP contribution in [0.2, 0.25) is 0 Å². The highest BCUT2D eigenvalue weighted by Gasteiger charge is 1.99. The van der Waals surface area contributed by atoms with Gasteiger partial charge in [-0.25, -0.2) is 4.39 Å². The van der Waals surface area contributed by atoms with Gasteiger partial charge in [-0.3, -0.25) is 0 Å². The molecule has 13 heavy (non-hydrogen) atoms. The second kappa shape index (κ2) is 5.67. The Morgan fingerprint density at radius 3 is 2.69 bits per heavy atom. The molecule has 1 aromatic rings. The summed E-state index contributed by atoms with van der Waals surface area (Å²) in [4.78, 5) is 0. The Kier molecular flexibility index (Phi) is 4.43. The second-order valence-corrected chi connectivity index (χ2v) is 2.68. The average Bonchev–Trinajstić information content (AvgIpc) is 2.15. The van der Waals surface area contributed by atoms with Crippen LogP contribution >= 0.6 is 0 Å². The molecular weight excluding hydrogens is 171 g/mol. The van der Waals surface area contributed by atoms with Crippen LogP contribution < -0.4 is 0 Å². The molecule has 0 unspecified atom stereocenters. The summed E-state index contributed by atoms with van der Waals surface area (Å²) in [6.07, 6.45) is 0.548. The maximum atomic E-state index is 13.0. The van der Waals surface area contributed by atoms with Crippen molar-refractivity contribution < 1.29 is 14.2 Å². The first kappa shape index (κ1) is 10.2. The topological polar surface area (TPSA) is 29.5 Å². The molecule has 0 aliphatic rings. The molecule has 0 amide bonds. The molecule has 1 rings (SSSR count). The number of rotatable bonds is 5. The molecule has 0 aromatic heterocycles. The first-order valence-electron chi connectivity index (χ1n) is 4.26. The zero-order valence-electron chi connectivity index (χ0n) is 7.37. The molecule has 0 heterocycles. The van der Waals surface area contributed by atoms with Crippen molar-refractivity contribution in [3.63, 3.8) is 0 Å². The molecule has 0 atom stereocenters. The molecule has 0 fully saturated rings. The van der Waals surface area contributed by atoms with E-state index in [9.17, 15) is 4.39 Å². The SMILES string of the molecule is OCCOCCc1ccccc1F. The Morgan fingerprint density at radius 1 is 1.23 bits per heavy atom. The first-order valence-corrected chi connectivity index (χ1v) is 4.26. The number of aliphatic hydroxyl groups is 1. The Morgan fingerprint density at radius 2 is 2.00 bits per heavy atom. The summed E-state index contributed by atoms with van der Waals surface area (Å²) < 4.78 is 18.0. The lowest BCUT2D eigenvalue weighted by molar-refractivity contribution is 0.0941. The van der Waals surface area contributed by atoms with E-state index in [-0.39, 0.29) is 12.4 Å². The van der Waals surface area contributed by atoms with Gasteiger partial charge in [-0.2, -0.15) is 0 Å². The molecule has 0 saturated carbocycles. The highest BCUT2D eigenvalue weighted by atomic mass is 19.1. The summed E-state index contributed by atoms with van der Waals surface area (Å²) >= 11 is 0. The highest BCUT2D eigenvalue weighted by molar-refractivity contribution is 5.17. The van der Waals surface area contributed by atoms with E-state index in [1.165, 1.54) is 6.07 Å². The minimum absolute atomic E-state index is 0.0112. The fourth-order valence-corrected chi connectivity index (χ4v) is 1.05. The molecule has 0 aliphatic carbocycles. The Labute approximate surface area is 77.0 Å². The van der Waals surface area contributed by atoms with Crippen molar-refractivity contribution in [2.75, 3.05) is 19.8 Å². The van der Waals surface area contributed by atoms with Crippen molar-refractivity contribution in [1.82, 2.24) is 0 Å². The quantitative estimate of drug-likeness (QED) is 0.700. The number of benzene rings is 1. The average molecular weight is 184 g/mol. The van der Waals surface area contributed by atoms with E-state index in [0.717, 1.165) is 0 Å². The van der Waals surface area contributed by atoms with E-state index >= 15 is 0 Å². The minimum atomic E-state index is -0.199. The third-order valence-electron chi connectivity index (χ3n) is 1.71. The minimum Gasteiger partial charge on any atom is -0.394 e. The lowest BCUT2D eigenvalue weighted by atomic mass is 10.1. The Balaban J connectivity index is 2.32. The number of ether oxygens (including phenoxy) is 1. The second-order valence-electron chi connectivity index (χ2n) is 2.68. The van der Waals surface area contributed by atoms with Crippen molar-refractivity contribution in [2.24, 2.45) is 0 Å². The van der Waals surface area contributed by atoms with Gasteiger partial charge in [0.25, 0.3) is 0 Å². The van der Waals surface area contributed by atoms with E-state index in [0.29, 0.717) is 25.2 Å². The molecule has 0 radical (unpaired) electrons. The molecule has 72 valence electrons. The van der Waals surface area contributed by atoms with Crippen LogP contribution in [0.3, 0.4) is 0 Å². The zero-order valence-corrected chi connectivity index (χ0v) is 7.37. The maximum absolute atomic E-state index is 13.0. The van der Waals surface area contributed by atoms with Gasteiger partial charge in [-0.15, -0.1) is 0 Å². The van der Waals surface area contributed by atoms with Crippen LogP contribution in [-0.4, -0.2) is 24.9 Å². The lowest BCUT2D eigenvalue weighted by Gasteiger charge is -2.03. The normalized spacial score (nSPS) is 10.3. The van der Waals surface area contributed by atoms with E-state index in [2.05, 4.69) is 0 Å². The van der Waals surface area contributed by atoms with Gasteiger partial charge in [0.05, 0.1) is 19.8 Å². The van der Waals surface area contributed by atoms with Crippen molar-refractivity contribution >= 4 is 0 Å². The van der Waals surface area contributed by atoms with Gasteiger partial charge < -0.3 is 9.84 Å². The van der Waals surface area contributed by atoms with Gasteiger partial charge in [0.1, 0.15) is 5.82 Å². The predicted octanol–water partition coefficient (Wildman–Crippen LogP) is 1.38. The number of halogens is 1. The Hall–Kier alpha value is -0.930. The van der Waals surface area contributed by atoms with Crippen LogP contribution in [0.15, 0.2) is 24.3 Å². The summed E-state index contributed by atoms with van der Waals surface area (Å²) in [5, 5.41) is 8.42. The third kappa shape index (κ3) is 3.53.